The van der Waals surface area contributed by atoms with Crippen molar-refractivity contribution in [1.82, 2.24) is 4.98 Å². The van der Waals surface area contributed by atoms with Crippen LogP contribution in [0.15, 0.2) is 11.2 Å². The van der Waals surface area contributed by atoms with Crippen LogP contribution < -0.4 is 5.14 Å². The SMILES string of the molecule is Cc1c(S(N)(=O)=O)ncc(C(F)F)c1C#N. The highest BCUT2D eigenvalue weighted by Crippen LogP contribution is 2.26. The summed E-state index contributed by atoms with van der Waals surface area (Å²) in [6, 6.07) is 1.52. The topological polar surface area (TPSA) is 96.8 Å². The Morgan fingerprint density at radius 3 is 2.50 bits per heavy atom. The summed E-state index contributed by atoms with van der Waals surface area (Å²) < 4.78 is 46.9. The minimum atomic E-state index is -4.12. The zero-order chi connectivity index (χ0) is 12.5. The highest BCUT2D eigenvalue weighted by Gasteiger charge is 2.22. The molecular formula is C8H7F2N3O2S. The first-order valence-corrected chi connectivity index (χ1v) is 5.54. The Kier molecular flexibility index (Phi) is 3.21. The number of pyridine rings is 1. The maximum atomic E-state index is 12.5. The van der Waals surface area contributed by atoms with Gasteiger partial charge < -0.3 is 0 Å². The van der Waals surface area contributed by atoms with Gasteiger partial charge in [0.2, 0.25) is 0 Å². The summed E-state index contributed by atoms with van der Waals surface area (Å²) in [5, 5.41) is 13.0. The van der Waals surface area contributed by atoms with Crippen molar-refractivity contribution in [2.75, 3.05) is 0 Å². The molecule has 0 aliphatic rings. The lowest BCUT2D eigenvalue weighted by Gasteiger charge is -2.08. The fraction of sp³-hybridized carbons (Fsp3) is 0.250. The molecule has 0 saturated heterocycles. The Balaban J connectivity index is 3.61. The molecule has 16 heavy (non-hydrogen) atoms. The van der Waals surface area contributed by atoms with Gasteiger partial charge in [0.1, 0.15) is 6.07 Å². The van der Waals surface area contributed by atoms with Gasteiger partial charge in [0.15, 0.2) is 5.03 Å². The summed E-state index contributed by atoms with van der Waals surface area (Å²) in [5.74, 6) is 0. The van der Waals surface area contributed by atoms with E-state index in [9.17, 15) is 17.2 Å². The van der Waals surface area contributed by atoms with Gasteiger partial charge in [-0.1, -0.05) is 0 Å². The molecule has 1 aromatic rings. The number of alkyl halides is 2. The highest BCUT2D eigenvalue weighted by atomic mass is 32.2. The molecule has 2 N–H and O–H groups in total. The van der Waals surface area contributed by atoms with Crippen LogP contribution in [0.2, 0.25) is 0 Å². The van der Waals surface area contributed by atoms with Gasteiger partial charge in [-0.15, -0.1) is 0 Å². The Morgan fingerprint density at radius 1 is 1.56 bits per heavy atom. The highest BCUT2D eigenvalue weighted by molar-refractivity contribution is 7.89. The molecule has 1 heterocycles. The van der Waals surface area contributed by atoms with Crippen LogP contribution in [0.25, 0.3) is 0 Å². The summed E-state index contributed by atoms with van der Waals surface area (Å²) in [6.07, 6.45) is -2.24. The van der Waals surface area contributed by atoms with Crippen LogP contribution >= 0.6 is 0 Å². The molecule has 0 spiro atoms. The first-order chi connectivity index (χ1) is 7.29. The van der Waals surface area contributed by atoms with E-state index in [4.69, 9.17) is 10.4 Å². The average Bonchev–Trinajstić information content (AvgIpc) is 2.14. The molecule has 0 aliphatic carbocycles. The third-order valence-electron chi connectivity index (χ3n) is 1.92. The standard InChI is InChI=1S/C8H7F2N3O2S/c1-4-5(2-11)6(7(9)10)3-13-8(4)16(12,14)15/h3,7H,1H3,(H2,12,14,15). The summed E-state index contributed by atoms with van der Waals surface area (Å²) in [5.41, 5.74) is -1.18. The van der Waals surface area contributed by atoms with Gasteiger partial charge in [-0.25, -0.2) is 27.3 Å². The molecule has 0 unspecified atom stereocenters. The fourth-order valence-electron chi connectivity index (χ4n) is 1.21. The maximum absolute atomic E-state index is 12.5. The van der Waals surface area contributed by atoms with E-state index in [1.54, 1.807) is 0 Å². The first-order valence-electron chi connectivity index (χ1n) is 3.99. The first kappa shape index (κ1) is 12.5. The quantitative estimate of drug-likeness (QED) is 0.837. The third kappa shape index (κ3) is 2.15. The molecule has 1 rings (SSSR count). The number of aromatic nitrogens is 1. The van der Waals surface area contributed by atoms with E-state index in [0.717, 1.165) is 0 Å². The van der Waals surface area contributed by atoms with Crippen molar-refractivity contribution in [1.29, 1.82) is 5.26 Å². The van der Waals surface area contributed by atoms with Crippen molar-refractivity contribution in [3.8, 4) is 6.07 Å². The van der Waals surface area contributed by atoms with Crippen molar-refractivity contribution >= 4 is 10.0 Å². The van der Waals surface area contributed by atoms with E-state index in [2.05, 4.69) is 4.98 Å². The van der Waals surface area contributed by atoms with E-state index in [0.29, 0.717) is 6.20 Å². The van der Waals surface area contributed by atoms with Gasteiger partial charge in [0.25, 0.3) is 16.4 Å². The molecular weight excluding hydrogens is 240 g/mol. The lowest BCUT2D eigenvalue weighted by atomic mass is 10.1. The van der Waals surface area contributed by atoms with Gasteiger partial charge in [0.05, 0.1) is 11.1 Å². The van der Waals surface area contributed by atoms with Gasteiger partial charge >= 0.3 is 0 Å². The Hall–Kier alpha value is -1.59. The molecule has 5 nitrogen and oxygen atoms in total. The van der Waals surface area contributed by atoms with Crippen LogP contribution in [0.4, 0.5) is 8.78 Å². The maximum Gasteiger partial charge on any atom is 0.266 e. The number of sulfonamides is 1. The van der Waals surface area contributed by atoms with Crippen LogP contribution in [0.5, 0.6) is 0 Å². The molecule has 0 radical (unpaired) electrons. The Labute approximate surface area is 90.6 Å². The van der Waals surface area contributed by atoms with E-state index in [1.165, 1.54) is 13.0 Å². The molecule has 0 atom stereocenters. The van der Waals surface area contributed by atoms with Crippen molar-refractivity contribution in [2.45, 2.75) is 18.4 Å². The molecule has 1 aromatic heterocycles. The lowest BCUT2D eigenvalue weighted by molar-refractivity contribution is 0.150. The van der Waals surface area contributed by atoms with E-state index in [-0.39, 0.29) is 5.56 Å². The second-order valence-electron chi connectivity index (χ2n) is 2.98. The van der Waals surface area contributed by atoms with Crippen LogP contribution in [0.1, 0.15) is 23.1 Å². The van der Waals surface area contributed by atoms with Crippen LogP contribution in [0.3, 0.4) is 0 Å². The Morgan fingerprint density at radius 2 is 2.12 bits per heavy atom. The zero-order valence-electron chi connectivity index (χ0n) is 8.11. The van der Waals surface area contributed by atoms with E-state index in [1.807, 2.05) is 0 Å². The number of halogens is 2. The summed E-state index contributed by atoms with van der Waals surface area (Å²) >= 11 is 0. The molecule has 8 heteroatoms. The van der Waals surface area contributed by atoms with Gasteiger partial charge in [-0.3, -0.25) is 0 Å². The predicted molar refractivity (Wildman–Crippen MR) is 50.0 cm³/mol. The number of nitrogens with two attached hydrogens (primary N) is 1. The van der Waals surface area contributed by atoms with E-state index >= 15 is 0 Å². The summed E-state index contributed by atoms with van der Waals surface area (Å²) in [7, 11) is -4.12. The molecule has 86 valence electrons. The normalized spacial score (nSPS) is 11.5. The monoisotopic (exact) mass is 247 g/mol. The van der Waals surface area contributed by atoms with Gasteiger partial charge in [-0.2, -0.15) is 5.26 Å². The number of primary sulfonamides is 1. The second kappa shape index (κ2) is 4.11. The second-order valence-corrected chi connectivity index (χ2v) is 4.45. The lowest BCUT2D eigenvalue weighted by Crippen LogP contribution is -2.17. The average molecular weight is 247 g/mol. The van der Waals surface area contributed by atoms with Crippen molar-refractivity contribution in [3.63, 3.8) is 0 Å². The zero-order valence-corrected chi connectivity index (χ0v) is 8.92. The summed E-state index contributed by atoms with van der Waals surface area (Å²) in [6.45, 7) is 1.21. The molecule has 0 bridgehead atoms. The molecule has 0 saturated carbocycles. The Bertz CT molecular complexity index is 563. The van der Waals surface area contributed by atoms with Crippen LogP contribution in [0, 0.1) is 18.3 Å². The number of hydrogen-bond acceptors (Lipinski definition) is 4. The smallest absolute Gasteiger partial charge is 0.243 e. The van der Waals surface area contributed by atoms with Crippen LogP contribution in [-0.2, 0) is 10.0 Å². The number of hydrogen-bond donors (Lipinski definition) is 1. The van der Waals surface area contributed by atoms with Gasteiger partial charge in [-0.05, 0) is 6.92 Å². The van der Waals surface area contributed by atoms with Gasteiger partial charge in [0, 0.05) is 11.8 Å². The molecule has 0 aromatic carbocycles. The largest absolute Gasteiger partial charge is 0.266 e. The summed E-state index contributed by atoms with van der Waals surface area (Å²) in [4.78, 5) is 3.34. The van der Waals surface area contributed by atoms with E-state index < -0.39 is 32.6 Å². The number of nitrogens with zero attached hydrogens (tertiary/aromatic N) is 2. The number of nitriles is 1. The molecule has 0 aliphatic heterocycles. The molecule has 0 amide bonds. The minimum Gasteiger partial charge on any atom is -0.243 e. The van der Waals surface area contributed by atoms with Crippen molar-refractivity contribution in [2.24, 2.45) is 5.14 Å². The predicted octanol–water partition coefficient (Wildman–Crippen LogP) is 0.847. The van der Waals surface area contributed by atoms with Crippen molar-refractivity contribution in [3.05, 3.63) is 22.9 Å². The number of rotatable bonds is 2. The molecule has 0 fully saturated rings. The third-order valence-corrected chi connectivity index (χ3v) is 2.87. The van der Waals surface area contributed by atoms with Crippen molar-refractivity contribution < 1.29 is 17.2 Å². The van der Waals surface area contributed by atoms with Crippen LogP contribution in [-0.4, -0.2) is 13.4 Å². The minimum absolute atomic E-state index is 0.164. The fourth-order valence-corrected chi connectivity index (χ4v) is 1.94.